The zero-order valence-corrected chi connectivity index (χ0v) is 31.0. The second-order valence-corrected chi connectivity index (χ2v) is 16.6. The summed E-state index contributed by atoms with van der Waals surface area (Å²) in [6, 6.07) is 5.17. The van der Waals surface area contributed by atoms with Crippen LogP contribution in [0.1, 0.15) is 72.6 Å². The smallest absolute Gasteiger partial charge is 0.410 e. The molecule has 0 spiro atoms. The Morgan fingerprint density at radius 1 is 1.20 bits per heavy atom. The van der Waals surface area contributed by atoms with Gasteiger partial charge in [-0.25, -0.2) is 18.2 Å². The van der Waals surface area contributed by atoms with Crippen LogP contribution in [0, 0.1) is 5.92 Å². The summed E-state index contributed by atoms with van der Waals surface area (Å²) in [4.78, 5) is 62.5. The van der Waals surface area contributed by atoms with Crippen molar-refractivity contribution in [3.63, 3.8) is 0 Å². The molecule has 0 radical (unpaired) electrons. The van der Waals surface area contributed by atoms with Gasteiger partial charge in [0, 0.05) is 31.0 Å². The molecule has 5 atom stereocenters. The van der Waals surface area contributed by atoms with Crippen LogP contribution in [0.2, 0.25) is 0 Å². The van der Waals surface area contributed by atoms with Gasteiger partial charge in [-0.05, 0) is 76.1 Å². The maximum Gasteiger partial charge on any atom is 0.410 e. The molecular weight excluding hydrogens is 678 g/mol. The van der Waals surface area contributed by atoms with Gasteiger partial charge in [0.05, 0.1) is 18.9 Å². The lowest BCUT2D eigenvalue weighted by Crippen LogP contribution is -2.58. The number of carbonyl (C=O) groups is 4. The minimum atomic E-state index is -3.89. The molecule has 3 aliphatic rings. The van der Waals surface area contributed by atoms with Crippen molar-refractivity contribution in [1.82, 2.24) is 24.8 Å². The Morgan fingerprint density at radius 2 is 1.92 bits per heavy atom. The molecule has 1 aromatic heterocycles. The molecule has 5 rings (SSSR count). The number of sulfonamides is 1. The molecule has 2 N–H and O–H groups in total. The van der Waals surface area contributed by atoms with Gasteiger partial charge in [-0.1, -0.05) is 25.8 Å². The molecule has 1 aliphatic heterocycles. The number of unbranched alkanes of at least 4 members (excludes halogenated alkanes) is 1. The van der Waals surface area contributed by atoms with Crippen LogP contribution in [0.3, 0.4) is 0 Å². The first kappa shape index (κ1) is 37.8. The van der Waals surface area contributed by atoms with Crippen LogP contribution in [0.4, 0.5) is 4.79 Å². The van der Waals surface area contributed by atoms with E-state index >= 15 is 0 Å². The van der Waals surface area contributed by atoms with Crippen molar-refractivity contribution in [2.75, 3.05) is 20.7 Å². The summed E-state index contributed by atoms with van der Waals surface area (Å²) in [5, 5.41) is 3.68. The van der Waals surface area contributed by atoms with Gasteiger partial charge in [0.15, 0.2) is 0 Å². The van der Waals surface area contributed by atoms with Crippen LogP contribution in [-0.2, 0) is 29.1 Å². The van der Waals surface area contributed by atoms with E-state index in [4.69, 9.17) is 14.2 Å². The van der Waals surface area contributed by atoms with E-state index in [2.05, 4.69) is 21.6 Å². The zero-order valence-electron chi connectivity index (χ0n) is 30.1. The number of likely N-dealkylation sites (N-methyl/N-ethyl adjacent to an activating group) is 1. The van der Waals surface area contributed by atoms with Crippen molar-refractivity contribution in [3.8, 4) is 11.6 Å². The van der Waals surface area contributed by atoms with Crippen molar-refractivity contribution in [2.24, 2.45) is 5.92 Å². The predicted molar refractivity (Wildman–Crippen MR) is 189 cm³/mol. The average molecular weight is 728 g/mol. The van der Waals surface area contributed by atoms with E-state index in [0.29, 0.717) is 42.7 Å². The summed E-state index contributed by atoms with van der Waals surface area (Å²) in [7, 11) is -0.821. The fourth-order valence-electron chi connectivity index (χ4n) is 6.43. The van der Waals surface area contributed by atoms with E-state index in [-0.39, 0.29) is 19.4 Å². The number of ether oxygens (including phenoxy) is 3. The Morgan fingerprint density at radius 3 is 2.53 bits per heavy atom. The number of nitrogens with one attached hydrogen (secondary N) is 2. The Hall–Kier alpha value is -4.40. The fourth-order valence-corrected chi connectivity index (χ4v) is 7.80. The third kappa shape index (κ3) is 8.40. The minimum absolute atomic E-state index is 0.0178. The number of amides is 4. The molecule has 51 heavy (non-hydrogen) atoms. The molecule has 2 heterocycles. The zero-order chi connectivity index (χ0) is 37.3. The third-order valence-corrected chi connectivity index (χ3v) is 11.4. The number of rotatable bonds is 14. The lowest BCUT2D eigenvalue weighted by Gasteiger charge is -2.34. The molecule has 2 aliphatic carbocycles. The van der Waals surface area contributed by atoms with Crippen molar-refractivity contribution < 1.29 is 41.8 Å². The molecule has 3 fully saturated rings. The highest BCUT2D eigenvalue weighted by Gasteiger charge is 2.62. The molecule has 1 saturated heterocycles. The van der Waals surface area contributed by atoms with Gasteiger partial charge in [0.2, 0.25) is 27.7 Å². The van der Waals surface area contributed by atoms with Gasteiger partial charge < -0.3 is 24.4 Å². The van der Waals surface area contributed by atoms with Crippen LogP contribution >= 0.6 is 0 Å². The number of pyridine rings is 1. The molecule has 2 saturated carbocycles. The number of hydrogen-bond acceptors (Lipinski definition) is 10. The van der Waals surface area contributed by atoms with Crippen LogP contribution in [0.25, 0.3) is 10.8 Å². The minimum Gasteiger partial charge on any atom is -0.497 e. The van der Waals surface area contributed by atoms with Crippen LogP contribution < -0.4 is 19.5 Å². The number of carbonyl (C=O) groups excluding carboxylic acids is 4. The quantitative estimate of drug-likeness (QED) is 0.273. The predicted octanol–water partition coefficient (Wildman–Crippen LogP) is 3.69. The first-order valence-corrected chi connectivity index (χ1v) is 18.9. The number of hydrogen-bond donors (Lipinski definition) is 2. The van der Waals surface area contributed by atoms with Gasteiger partial charge in [0.25, 0.3) is 5.91 Å². The molecule has 14 nitrogen and oxygen atoms in total. The Labute approximate surface area is 299 Å². The first-order valence-electron chi connectivity index (χ1n) is 17.4. The van der Waals surface area contributed by atoms with Gasteiger partial charge in [-0.3, -0.25) is 24.0 Å². The normalized spacial score (nSPS) is 23.6. The van der Waals surface area contributed by atoms with E-state index in [1.165, 1.54) is 22.9 Å². The van der Waals surface area contributed by atoms with Crippen LogP contribution in [-0.4, -0.2) is 102 Å². The third-order valence-electron chi connectivity index (χ3n) is 9.58. The Balaban J connectivity index is 1.45. The van der Waals surface area contributed by atoms with Gasteiger partial charge in [-0.15, -0.1) is 6.58 Å². The molecule has 4 amide bonds. The number of aromatic nitrogens is 1. The largest absolute Gasteiger partial charge is 0.497 e. The van der Waals surface area contributed by atoms with Gasteiger partial charge >= 0.3 is 6.09 Å². The molecule has 2 aromatic rings. The molecular formula is C36H49N5O9S. The lowest BCUT2D eigenvalue weighted by atomic mass is 10.1. The summed E-state index contributed by atoms with van der Waals surface area (Å²) in [6.07, 6.45) is 4.53. The van der Waals surface area contributed by atoms with E-state index in [0.717, 1.165) is 11.8 Å². The van der Waals surface area contributed by atoms with Crippen LogP contribution in [0.5, 0.6) is 11.6 Å². The molecule has 15 heteroatoms. The summed E-state index contributed by atoms with van der Waals surface area (Å²) in [5.74, 6) is -1.52. The molecule has 278 valence electrons. The highest BCUT2D eigenvalue weighted by molar-refractivity contribution is 7.91. The average Bonchev–Trinajstić information content (AvgIpc) is 4.00. The van der Waals surface area contributed by atoms with E-state index < -0.39 is 74.3 Å². The summed E-state index contributed by atoms with van der Waals surface area (Å²) in [5.41, 5.74) is -2.35. The monoisotopic (exact) mass is 727 g/mol. The van der Waals surface area contributed by atoms with Crippen LogP contribution in [0.15, 0.2) is 43.1 Å². The molecule has 0 bridgehead atoms. The number of likely N-dealkylation sites (tertiary alicyclic amines) is 1. The van der Waals surface area contributed by atoms with E-state index in [9.17, 15) is 27.6 Å². The SMILES string of the molecule is C=C[C@@H]1C[C@]1(NC(=O)[C@@H]1C[C@@H](Oc2nccc3cc(OC)ccc23)CN1C(=O)[C@H](CCCC)N(C)C(=O)OC(C)(C)C)C(=O)NS(=O)(=O)C1CC1. The number of nitrogens with zero attached hydrogens (tertiary/aromatic N) is 3. The molecule has 1 aromatic carbocycles. The highest BCUT2D eigenvalue weighted by atomic mass is 32.2. The second kappa shape index (κ2) is 14.7. The maximum atomic E-state index is 14.5. The fraction of sp³-hybridized carbons (Fsp3) is 0.583. The summed E-state index contributed by atoms with van der Waals surface area (Å²) < 4.78 is 44.8. The van der Waals surface area contributed by atoms with Gasteiger partial charge in [0.1, 0.15) is 35.1 Å². The van der Waals surface area contributed by atoms with Gasteiger partial charge in [-0.2, -0.15) is 0 Å². The van der Waals surface area contributed by atoms with Crippen molar-refractivity contribution in [2.45, 2.75) is 107 Å². The number of fused-ring (bicyclic) bond motifs is 1. The second-order valence-electron chi connectivity index (χ2n) is 14.6. The number of benzene rings is 1. The number of methoxy groups -OCH3 is 1. The standard InChI is InChI=1S/C36H49N5O9S/c1-8-10-11-28(40(6)34(45)50-35(3,4)5)32(43)41-21-25(49-31-27-15-12-24(48-7)18-22(27)16-17-37-31)19-29(41)30(42)38-36(20-23(36)9-2)33(44)39-51(46,47)26-13-14-26/h9,12,15-18,23,25-26,28-29H,2,8,10-11,13-14,19-21H2,1,3-7H3,(H,38,42)(H,39,44)/t23-,25-,28+,29+,36-/m1/s1. The maximum absolute atomic E-state index is 14.5. The highest BCUT2D eigenvalue weighted by Crippen LogP contribution is 2.45. The Bertz CT molecular complexity index is 1790. The van der Waals surface area contributed by atoms with Crippen molar-refractivity contribution in [1.29, 1.82) is 0 Å². The Kier molecular flexibility index (Phi) is 10.9. The van der Waals surface area contributed by atoms with Crippen molar-refractivity contribution in [3.05, 3.63) is 43.1 Å². The topological polar surface area (TPSA) is 174 Å². The van der Waals surface area contributed by atoms with E-state index in [1.54, 1.807) is 40.1 Å². The van der Waals surface area contributed by atoms with E-state index in [1.807, 2.05) is 25.1 Å². The molecule has 0 unspecified atom stereocenters. The first-order chi connectivity index (χ1) is 24.0. The van der Waals surface area contributed by atoms with Crippen molar-refractivity contribution >= 4 is 44.6 Å². The lowest BCUT2D eigenvalue weighted by molar-refractivity contribution is -0.143. The summed E-state index contributed by atoms with van der Waals surface area (Å²) >= 11 is 0. The summed E-state index contributed by atoms with van der Waals surface area (Å²) in [6.45, 7) is 10.9.